The lowest BCUT2D eigenvalue weighted by Gasteiger charge is -2.08. The normalized spacial score (nSPS) is 10.9. The van der Waals surface area contributed by atoms with Crippen molar-refractivity contribution in [2.24, 2.45) is 10.2 Å². The number of nitrogens with zero attached hydrogens (tertiary/aromatic N) is 3. The van der Waals surface area contributed by atoms with Crippen LogP contribution in [0.15, 0.2) is 89.6 Å². The highest BCUT2D eigenvalue weighted by Crippen LogP contribution is 2.15. The van der Waals surface area contributed by atoms with Crippen molar-refractivity contribution < 1.29 is 14.3 Å². The summed E-state index contributed by atoms with van der Waals surface area (Å²) in [6.07, 6.45) is 8.52. The molecule has 0 atom stereocenters. The zero-order valence-corrected chi connectivity index (χ0v) is 21.6. The summed E-state index contributed by atoms with van der Waals surface area (Å²) in [5.41, 5.74) is 6.26. The number of benzene rings is 3. The number of hydrogen-bond acceptors (Lipinski definition) is 6. The molecular weight excluding hydrogens is 474 g/mol. The van der Waals surface area contributed by atoms with Crippen molar-refractivity contribution in [3.8, 4) is 6.07 Å². The Morgan fingerprint density at radius 2 is 1.61 bits per heavy atom. The van der Waals surface area contributed by atoms with Gasteiger partial charge in [0, 0.05) is 18.1 Å². The number of hydrogen-bond donors (Lipinski definition) is 0. The molecule has 0 saturated heterocycles. The topological polar surface area (TPSA) is 91.9 Å². The third-order valence-corrected chi connectivity index (χ3v) is 6.03. The minimum Gasteiger partial charge on any atom is -0.463 e. The van der Waals surface area contributed by atoms with Crippen molar-refractivity contribution in [2.45, 2.75) is 39.0 Å². The number of aryl methyl sites for hydroxylation is 2. The average Bonchev–Trinajstić information content (AvgIpc) is 2.94. The fourth-order valence-corrected chi connectivity index (χ4v) is 3.81. The van der Waals surface area contributed by atoms with Gasteiger partial charge in [-0.1, -0.05) is 61.2 Å². The predicted molar refractivity (Wildman–Crippen MR) is 151 cm³/mol. The van der Waals surface area contributed by atoms with E-state index in [1.807, 2.05) is 61.5 Å². The predicted octanol–water partition coefficient (Wildman–Crippen LogP) is 6.19. The van der Waals surface area contributed by atoms with Crippen molar-refractivity contribution in [2.75, 3.05) is 6.61 Å². The molecule has 0 radical (unpaired) electrons. The maximum absolute atomic E-state index is 12.8. The van der Waals surface area contributed by atoms with Gasteiger partial charge < -0.3 is 4.74 Å². The summed E-state index contributed by atoms with van der Waals surface area (Å²) in [4.78, 5) is 23.9. The summed E-state index contributed by atoms with van der Waals surface area (Å²) in [5, 5.41) is 17.0. The molecule has 0 amide bonds. The zero-order valence-electron chi connectivity index (χ0n) is 21.6. The van der Waals surface area contributed by atoms with E-state index >= 15 is 0 Å². The Kier molecular flexibility index (Phi) is 10.9. The largest absolute Gasteiger partial charge is 0.463 e. The SMILES string of the molecule is C=CC(=O)OCCCCCc1ccc(C(=O)Cc2ccc(/C=N/N=C/c3ccc(C#N)cc3)cc2C)cc1. The molecule has 3 aromatic rings. The second-order valence-corrected chi connectivity index (χ2v) is 8.89. The first-order valence-electron chi connectivity index (χ1n) is 12.6. The van der Waals surface area contributed by atoms with Gasteiger partial charge in [-0.3, -0.25) is 4.79 Å². The summed E-state index contributed by atoms with van der Waals surface area (Å²) in [7, 11) is 0. The Hall–Kier alpha value is -4.63. The molecule has 192 valence electrons. The number of ketones is 1. The third-order valence-electron chi connectivity index (χ3n) is 6.03. The Morgan fingerprint density at radius 3 is 2.26 bits per heavy atom. The van der Waals surface area contributed by atoms with Crippen LogP contribution in [0, 0.1) is 18.3 Å². The minimum atomic E-state index is -0.382. The van der Waals surface area contributed by atoms with Crippen molar-refractivity contribution >= 4 is 24.2 Å². The Bertz CT molecular complexity index is 1350. The Labute approximate surface area is 224 Å². The highest BCUT2D eigenvalue weighted by molar-refractivity contribution is 5.97. The van der Waals surface area contributed by atoms with E-state index in [9.17, 15) is 9.59 Å². The van der Waals surface area contributed by atoms with Crippen LogP contribution in [0.2, 0.25) is 0 Å². The van der Waals surface area contributed by atoms with Crippen LogP contribution in [-0.4, -0.2) is 30.8 Å². The number of Topliss-reactive ketones (excluding diaryl/α,β-unsaturated/α-hetero) is 1. The number of ether oxygens (including phenoxy) is 1. The number of esters is 1. The first-order valence-corrected chi connectivity index (χ1v) is 12.6. The quantitative estimate of drug-likeness (QED) is 0.0692. The lowest BCUT2D eigenvalue weighted by Crippen LogP contribution is -2.05. The molecule has 6 nitrogen and oxygen atoms in total. The van der Waals surface area contributed by atoms with Crippen molar-refractivity contribution in [3.63, 3.8) is 0 Å². The molecular formula is C32H31N3O3. The van der Waals surface area contributed by atoms with Gasteiger partial charge in [0.2, 0.25) is 0 Å². The van der Waals surface area contributed by atoms with Crippen LogP contribution in [0.1, 0.15) is 63.0 Å². The number of unbranched alkanes of at least 4 members (excludes halogenated alkanes) is 2. The van der Waals surface area contributed by atoms with Crippen LogP contribution < -0.4 is 0 Å². The molecule has 0 saturated carbocycles. The summed E-state index contributed by atoms with van der Waals surface area (Å²) < 4.78 is 4.98. The van der Waals surface area contributed by atoms with E-state index in [4.69, 9.17) is 10.00 Å². The van der Waals surface area contributed by atoms with Crippen LogP contribution in [0.4, 0.5) is 0 Å². The minimum absolute atomic E-state index is 0.0807. The molecule has 38 heavy (non-hydrogen) atoms. The van der Waals surface area contributed by atoms with Crippen molar-refractivity contribution in [3.05, 3.63) is 118 Å². The third kappa shape index (κ3) is 9.11. The maximum atomic E-state index is 12.8. The average molecular weight is 506 g/mol. The van der Waals surface area contributed by atoms with Gasteiger partial charge in [-0.05, 0) is 72.6 Å². The fraction of sp³-hybridized carbons (Fsp3) is 0.219. The highest BCUT2D eigenvalue weighted by atomic mass is 16.5. The zero-order chi connectivity index (χ0) is 27.2. The summed E-state index contributed by atoms with van der Waals surface area (Å²) in [5.74, 6) is -0.301. The maximum Gasteiger partial charge on any atom is 0.330 e. The van der Waals surface area contributed by atoms with Gasteiger partial charge in [0.1, 0.15) is 0 Å². The molecule has 0 aliphatic carbocycles. The van der Waals surface area contributed by atoms with E-state index in [1.165, 1.54) is 11.6 Å². The highest BCUT2D eigenvalue weighted by Gasteiger charge is 2.09. The molecule has 0 spiro atoms. The van der Waals surface area contributed by atoms with Gasteiger partial charge >= 0.3 is 5.97 Å². The molecule has 6 heteroatoms. The molecule has 0 aliphatic rings. The smallest absolute Gasteiger partial charge is 0.330 e. The molecule has 0 aromatic heterocycles. The van der Waals surface area contributed by atoms with E-state index in [0.29, 0.717) is 24.2 Å². The number of carbonyl (C=O) groups excluding carboxylic acids is 2. The molecule has 0 N–H and O–H groups in total. The van der Waals surface area contributed by atoms with Crippen molar-refractivity contribution in [1.29, 1.82) is 5.26 Å². The molecule has 0 fully saturated rings. The lowest BCUT2D eigenvalue weighted by atomic mass is 9.97. The molecule has 3 aromatic carbocycles. The van der Waals surface area contributed by atoms with E-state index in [0.717, 1.165) is 47.9 Å². The standard InChI is InChI=1S/C32H31N3O3/c1-3-32(37)38-18-6-4-5-7-25-12-15-29(16-13-25)31(36)20-30-17-14-28(19-24(30)2)23-35-34-22-27-10-8-26(21-33)9-11-27/h3,8-17,19,22-23H,1,4-7,18,20H2,2H3/b34-22+,35-23+. The molecule has 0 heterocycles. The first kappa shape index (κ1) is 27.9. The van der Waals surface area contributed by atoms with Gasteiger partial charge in [-0.25, -0.2) is 4.79 Å². The summed E-state index contributed by atoms with van der Waals surface area (Å²) in [6.45, 7) is 5.78. The van der Waals surface area contributed by atoms with Gasteiger partial charge in [-0.2, -0.15) is 15.5 Å². The number of nitriles is 1. The molecule has 0 aliphatic heterocycles. The Balaban J connectivity index is 1.46. The second kappa shape index (κ2) is 14.8. The van der Waals surface area contributed by atoms with E-state index < -0.39 is 0 Å². The van der Waals surface area contributed by atoms with Crippen LogP contribution in [-0.2, 0) is 22.4 Å². The van der Waals surface area contributed by atoms with E-state index in [1.54, 1.807) is 24.6 Å². The summed E-state index contributed by atoms with van der Waals surface area (Å²) in [6, 6.07) is 22.9. The van der Waals surface area contributed by atoms with Crippen LogP contribution in [0.3, 0.4) is 0 Å². The summed E-state index contributed by atoms with van der Waals surface area (Å²) >= 11 is 0. The number of carbonyl (C=O) groups is 2. The van der Waals surface area contributed by atoms with E-state index in [-0.39, 0.29) is 11.8 Å². The molecule has 0 bridgehead atoms. The monoisotopic (exact) mass is 505 g/mol. The fourth-order valence-electron chi connectivity index (χ4n) is 3.81. The van der Waals surface area contributed by atoms with Gasteiger partial charge in [0.05, 0.1) is 30.7 Å². The van der Waals surface area contributed by atoms with E-state index in [2.05, 4.69) is 22.9 Å². The van der Waals surface area contributed by atoms with Gasteiger partial charge in [-0.15, -0.1) is 0 Å². The van der Waals surface area contributed by atoms with Gasteiger partial charge in [0.25, 0.3) is 0 Å². The van der Waals surface area contributed by atoms with Crippen molar-refractivity contribution in [1.82, 2.24) is 0 Å². The lowest BCUT2D eigenvalue weighted by molar-refractivity contribution is -0.137. The van der Waals surface area contributed by atoms with Crippen LogP contribution in [0.5, 0.6) is 0 Å². The molecule has 3 rings (SSSR count). The molecule has 0 unspecified atom stereocenters. The number of rotatable bonds is 13. The van der Waals surface area contributed by atoms with Gasteiger partial charge in [0.15, 0.2) is 5.78 Å². The Morgan fingerprint density at radius 1 is 0.921 bits per heavy atom. The van der Waals surface area contributed by atoms with Crippen LogP contribution >= 0.6 is 0 Å². The van der Waals surface area contributed by atoms with Crippen LogP contribution in [0.25, 0.3) is 0 Å². The first-order chi connectivity index (χ1) is 18.5. The second-order valence-electron chi connectivity index (χ2n) is 8.89.